The number of amides is 1. The highest BCUT2D eigenvalue weighted by atomic mass is 127. The van der Waals surface area contributed by atoms with Gasteiger partial charge in [-0.3, -0.25) is 4.79 Å². The number of carbonyl (C=O) groups excluding carboxylic acids is 1. The Morgan fingerprint density at radius 1 is 1.56 bits per heavy atom. The molecule has 0 bridgehead atoms. The highest BCUT2D eigenvalue weighted by molar-refractivity contribution is 14.1. The zero-order valence-electron chi connectivity index (χ0n) is 9.32. The largest absolute Gasteiger partial charge is 0.480 e. The zero-order valence-corrected chi connectivity index (χ0v) is 12.2. The van der Waals surface area contributed by atoms with Gasteiger partial charge in [-0.15, -0.1) is 6.58 Å². The molecule has 0 heterocycles. The highest BCUT2D eigenvalue weighted by Crippen LogP contribution is 2.18. The molecule has 2 N–H and O–H groups in total. The molecule has 1 rings (SSSR count). The van der Waals surface area contributed by atoms with Gasteiger partial charge in [0.25, 0.3) is 5.91 Å². The van der Waals surface area contributed by atoms with Crippen LogP contribution in [0.3, 0.4) is 0 Å². The Balaban J connectivity index is 2.89. The Bertz CT molecular complexity index is 490. The third-order valence-electron chi connectivity index (χ3n) is 2.18. The fourth-order valence-corrected chi connectivity index (χ4v) is 2.05. The first kappa shape index (κ1) is 15.0. The molecule has 0 fully saturated rings. The van der Waals surface area contributed by atoms with Crippen LogP contribution in [0.1, 0.15) is 16.8 Å². The van der Waals surface area contributed by atoms with Gasteiger partial charge in [-0.25, -0.2) is 4.79 Å². The molecule has 1 unspecified atom stereocenters. The van der Waals surface area contributed by atoms with Gasteiger partial charge in [0.15, 0.2) is 0 Å². The molecule has 1 atom stereocenters. The van der Waals surface area contributed by atoms with Crippen molar-refractivity contribution in [2.45, 2.75) is 12.5 Å². The van der Waals surface area contributed by atoms with Crippen molar-refractivity contribution in [2.24, 2.45) is 0 Å². The molecule has 1 aromatic rings. The van der Waals surface area contributed by atoms with Crippen LogP contribution in [0.25, 0.3) is 0 Å². The van der Waals surface area contributed by atoms with Gasteiger partial charge in [-0.2, -0.15) is 0 Å². The molecule has 0 saturated carbocycles. The first-order chi connectivity index (χ1) is 8.45. The number of halogens is 2. The number of nitrogens with one attached hydrogen (secondary N) is 1. The van der Waals surface area contributed by atoms with Crippen molar-refractivity contribution in [3.05, 3.63) is 45.0 Å². The van der Waals surface area contributed by atoms with Crippen LogP contribution in [-0.2, 0) is 4.79 Å². The molecule has 96 valence electrons. The summed E-state index contributed by atoms with van der Waals surface area (Å²) in [5.74, 6) is -1.56. The van der Waals surface area contributed by atoms with Gasteiger partial charge in [0.1, 0.15) is 6.04 Å². The molecule has 0 radical (unpaired) electrons. The van der Waals surface area contributed by atoms with Crippen molar-refractivity contribution in [1.29, 1.82) is 0 Å². The Morgan fingerprint density at radius 3 is 2.78 bits per heavy atom. The molecular formula is C12H11ClINO3. The summed E-state index contributed by atoms with van der Waals surface area (Å²) in [6.45, 7) is 3.46. The van der Waals surface area contributed by atoms with E-state index in [1.165, 1.54) is 12.1 Å². The second kappa shape index (κ2) is 6.75. The summed E-state index contributed by atoms with van der Waals surface area (Å²) in [7, 11) is 0. The number of rotatable bonds is 5. The van der Waals surface area contributed by atoms with Gasteiger partial charge in [-0.05, 0) is 47.2 Å². The minimum atomic E-state index is -1.10. The van der Waals surface area contributed by atoms with Crippen molar-refractivity contribution in [3.8, 4) is 0 Å². The third-order valence-corrected chi connectivity index (χ3v) is 3.35. The van der Waals surface area contributed by atoms with Gasteiger partial charge >= 0.3 is 5.97 Å². The summed E-state index contributed by atoms with van der Waals surface area (Å²) in [4.78, 5) is 22.9. The van der Waals surface area contributed by atoms with Crippen molar-refractivity contribution in [1.82, 2.24) is 5.32 Å². The predicted molar refractivity (Wildman–Crippen MR) is 77.9 cm³/mol. The summed E-state index contributed by atoms with van der Waals surface area (Å²) < 4.78 is 0.706. The Morgan fingerprint density at radius 2 is 2.22 bits per heavy atom. The number of benzene rings is 1. The van der Waals surface area contributed by atoms with E-state index < -0.39 is 17.9 Å². The highest BCUT2D eigenvalue weighted by Gasteiger charge is 2.20. The van der Waals surface area contributed by atoms with Crippen LogP contribution in [0.15, 0.2) is 30.9 Å². The van der Waals surface area contributed by atoms with E-state index >= 15 is 0 Å². The minimum Gasteiger partial charge on any atom is -0.480 e. The molecule has 1 amide bonds. The maximum absolute atomic E-state index is 11.9. The second-order valence-corrected chi connectivity index (χ2v) is 5.11. The monoisotopic (exact) mass is 379 g/mol. The lowest BCUT2D eigenvalue weighted by molar-refractivity contribution is -0.139. The number of carbonyl (C=O) groups is 2. The summed E-state index contributed by atoms with van der Waals surface area (Å²) >= 11 is 7.80. The summed E-state index contributed by atoms with van der Waals surface area (Å²) in [5, 5.41) is 11.8. The standard InChI is InChI=1S/C12H11ClINO3/c1-2-3-10(12(17)18)15-11(16)8-6-7(13)4-5-9(8)14/h2,4-6,10H,1,3H2,(H,15,16)(H,17,18). The Kier molecular flexibility index (Phi) is 5.61. The van der Waals surface area contributed by atoms with E-state index in [4.69, 9.17) is 16.7 Å². The molecule has 6 heteroatoms. The van der Waals surface area contributed by atoms with Crippen LogP contribution in [0.2, 0.25) is 5.02 Å². The van der Waals surface area contributed by atoms with E-state index in [-0.39, 0.29) is 6.42 Å². The zero-order chi connectivity index (χ0) is 13.7. The molecule has 1 aromatic carbocycles. The van der Waals surface area contributed by atoms with Crippen LogP contribution in [0.5, 0.6) is 0 Å². The average molecular weight is 380 g/mol. The van der Waals surface area contributed by atoms with E-state index in [0.29, 0.717) is 14.2 Å². The number of carboxylic acids is 1. The molecule has 0 aliphatic carbocycles. The van der Waals surface area contributed by atoms with E-state index in [1.807, 2.05) is 22.6 Å². The maximum atomic E-state index is 11.9. The molecule has 0 saturated heterocycles. The van der Waals surface area contributed by atoms with Crippen molar-refractivity contribution in [3.63, 3.8) is 0 Å². The average Bonchev–Trinajstić information content (AvgIpc) is 2.31. The van der Waals surface area contributed by atoms with E-state index in [0.717, 1.165) is 0 Å². The lowest BCUT2D eigenvalue weighted by Crippen LogP contribution is -2.40. The van der Waals surface area contributed by atoms with E-state index in [9.17, 15) is 9.59 Å². The SMILES string of the molecule is C=CCC(NC(=O)c1cc(Cl)ccc1I)C(=O)O. The number of hydrogen-bond donors (Lipinski definition) is 2. The van der Waals surface area contributed by atoms with Crippen LogP contribution in [0.4, 0.5) is 0 Å². The Labute approximate surface area is 123 Å². The first-order valence-electron chi connectivity index (χ1n) is 5.05. The normalized spacial score (nSPS) is 11.7. The molecular weight excluding hydrogens is 368 g/mol. The Hall–Kier alpha value is -1.08. The van der Waals surface area contributed by atoms with Crippen LogP contribution >= 0.6 is 34.2 Å². The maximum Gasteiger partial charge on any atom is 0.326 e. The van der Waals surface area contributed by atoms with Crippen LogP contribution in [0, 0.1) is 3.57 Å². The lowest BCUT2D eigenvalue weighted by Gasteiger charge is -2.13. The molecule has 0 aliphatic rings. The second-order valence-electron chi connectivity index (χ2n) is 3.51. The summed E-state index contributed by atoms with van der Waals surface area (Å²) in [5.41, 5.74) is 0.360. The predicted octanol–water partition coefficient (Wildman–Crippen LogP) is 2.70. The number of carboxylic acid groups (broad SMARTS) is 1. The van der Waals surface area contributed by atoms with Gasteiger partial charge in [-0.1, -0.05) is 17.7 Å². The van der Waals surface area contributed by atoms with Gasteiger partial charge in [0.05, 0.1) is 5.56 Å². The molecule has 0 spiro atoms. The van der Waals surface area contributed by atoms with Crippen LogP contribution in [-0.4, -0.2) is 23.0 Å². The smallest absolute Gasteiger partial charge is 0.326 e. The molecule has 0 aliphatic heterocycles. The fourth-order valence-electron chi connectivity index (χ4n) is 1.30. The van der Waals surface area contributed by atoms with Gasteiger partial charge in [0.2, 0.25) is 0 Å². The van der Waals surface area contributed by atoms with Gasteiger partial charge < -0.3 is 10.4 Å². The first-order valence-corrected chi connectivity index (χ1v) is 6.51. The minimum absolute atomic E-state index is 0.165. The third kappa shape index (κ3) is 3.99. The van der Waals surface area contributed by atoms with Crippen molar-refractivity contribution < 1.29 is 14.7 Å². The summed E-state index contributed by atoms with van der Waals surface area (Å²) in [6.07, 6.45) is 1.61. The van der Waals surface area contributed by atoms with Crippen LogP contribution < -0.4 is 5.32 Å². The van der Waals surface area contributed by atoms with Crippen molar-refractivity contribution >= 4 is 46.1 Å². The lowest BCUT2D eigenvalue weighted by atomic mass is 10.1. The topological polar surface area (TPSA) is 66.4 Å². The van der Waals surface area contributed by atoms with Crippen molar-refractivity contribution in [2.75, 3.05) is 0 Å². The van der Waals surface area contributed by atoms with Gasteiger partial charge in [0, 0.05) is 8.59 Å². The fraction of sp³-hybridized carbons (Fsp3) is 0.167. The van der Waals surface area contributed by atoms with E-state index in [2.05, 4.69) is 11.9 Å². The molecule has 0 aromatic heterocycles. The summed E-state index contributed by atoms with van der Waals surface area (Å²) in [6, 6.07) is 3.88. The molecule has 4 nitrogen and oxygen atoms in total. The number of hydrogen-bond acceptors (Lipinski definition) is 2. The van der Waals surface area contributed by atoms with E-state index in [1.54, 1.807) is 12.1 Å². The quantitative estimate of drug-likeness (QED) is 0.611. The molecule has 18 heavy (non-hydrogen) atoms. The number of aliphatic carboxylic acids is 1.